The molecule has 1 N–H and O–H groups in total. The van der Waals surface area contributed by atoms with Crippen molar-refractivity contribution in [2.24, 2.45) is 4.99 Å². The summed E-state index contributed by atoms with van der Waals surface area (Å²) in [6.45, 7) is 5.07. The molecule has 0 bridgehead atoms. The third-order valence-electron chi connectivity index (χ3n) is 4.86. The molecule has 0 aliphatic carbocycles. The van der Waals surface area contributed by atoms with Crippen molar-refractivity contribution >= 4 is 43.4 Å². The van der Waals surface area contributed by atoms with Gasteiger partial charge in [-0.3, -0.25) is 0 Å². The smallest absolute Gasteiger partial charge is 0.186 e. The van der Waals surface area contributed by atoms with Crippen LogP contribution in [-0.4, -0.2) is 41.8 Å². The summed E-state index contributed by atoms with van der Waals surface area (Å²) in [5, 5.41) is 11.0. The lowest BCUT2D eigenvalue weighted by Crippen LogP contribution is -2.51. The van der Waals surface area contributed by atoms with E-state index in [-0.39, 0.29) is 6.04 Å². The minimum absolute atomic E-state index is 0.273. The Morgan fingerprint density at radius 2 is 2.04 bits per heavy atom. The van der Waals surface area contributed by atoms with Gasteiger partial charge >= 0.3 is 0 Å². The van der Waals surface area contributed by atoms with Gasteiger partial charge in [-0.15, -0.1) is 0 Å². The Kier molecular flexibility index (Phi) is 5.75. The number of aliphatic imine (C=N–C) groups is 1. The van der Waals surface area contributed by atoms with Gasteiger partial charge in [0.25, 0.3) is 0 Å². The number of hydrogen-bond acceptors (Lipinski definition) is 5. The van der Waals surface area contributed by atoms with Gasteiger partial charge in [0.1, 0.15) is 10.4 Å². The van der Waals surface area contributed by atoms with E-state index in [1.54, 1.807) is 7.11 Å². The molecule has 1 unspecified atom stereocenters. The van der Waals surface area contributed by atoms with Crippen molar-refractivity contribution < 1.29 is 9.84 Å². The minimum atomic E-state index is -0.758. The molecule has 0 fully saturated rings. The quantitative estimate of drug-likeness (QED) is 0.666. The topological polar surface area (TPSA) is 48.3 Å². The molecule has 3 rings (SSSR count). The molecule has 2 aliphatic heterocycles. The highest BCUT2D eigenvalue weighted by molar-refractivity contribution is 9.11. The van der Waals surface area contributed by atoms with E-state index in [9.17, 15) is 5.11 Å². The summed E-state index contributed by atoms with van der Waals surface area (Å²) >= 11 is 7.17. The summed E-state index contributed by atoms with van der Waals surface area (Å²) in [5.41, 5.74) is 2.26. The fraction of sp³-hybridized carbons (Fsp3) is 0.500. The van der Waals surface area contributed by atoms with Crippen molar-refractivity contribution in [1.29, 1.82) is 0 Å². The summed E-state index contributed by atoms with van der Waals surface area (Å²) in [4.78, 5) is 8.71. The number of hydrogen-bond donors (Lipinski definition) is 1. The number of fused-ring (bicyclic) bond motifs is 1. The maximum Gasteiger partial charge on any atom is 0.186 e. The second kappa shape index (κ2) is 7.68. The number of aliphatic hydroxyl groups is 1. The van der Waals surface area contributed by atoms with Gasteiger partial charge in [0.2, 0.25) is 0 Å². The molecule has 1 aromatic rings. The van der Waals surface area contributed by atoms with Gasteiger partial charge in [0, 0.05) is 23.3 Å². The van der Waals surface area contributed by atoms with Crippen LogP contribution in [0.25, 0.3) is 0 Å². The molecular formula is C18H23Br2N3O2. The second-order valence-electron chi connectivity index (χ2n) is 6.23. The Morgan fingerprint density at radius 3 is 2.68 bits per heavy atom. The van der Waals surface area contributed by atoms with E-state index in [0.717, 1.165) is 46.3 Å². The second-order valence-corrected chi connectivity index (χ2v) is 7.90. The highest BCUT2D eigenvalue weighted by Crippen LogP contribution is 2.40. The number of methoxy groups -OCH3 is 1. The first-order chi connectivity index (χ1) is 12.0. The van der Waals surface area contributed by atoms with E-state index in [4.69, 9.17) is 4.74 Å². The van der Waals surface area contributed by atoms with E-state index >= 15 is 0 Å². The van der Waals surface area contributed by atoms with Crippen LogP contribution >= 0.6 is 31.9 Å². The zero-order valence-electron chi connectivity index (χ0n) is 14.7. The van der Waals surface area contributed by atoms with Crippen LogP contribution in [-0.2, 0) is 6.42 Å². The molecule has 0 saturated heterocycles. The van der Waals surface area contributed by atoms with E-state index in [2.05, 4.69) is 61.7 Å². The normalized spacial score (nSPS) is 19.9. The van der Waals surface area contributed by atoms with Gasteiger partial charge in [0.05, 0.1) is 12.8 Å². The number of benzene rings is 1. The van der Waals surface area contributed by atoms with Gasteiger partial charge in [-0.05, 0) is 68.8 Å². The van der Waals surface area contributed by atoms with E-state index in [0.29, 0.717) is 5.84 Å². The highest BCUT2D eigenvalue weighted by Gasteiger charge is 2.35. The van der Waals surface area contributed by atoms with Gasteiger partial charge in [-0.2, -0.15) is 0 Å². The molecule has 2 heterocycles. The SMILES string of the molecule is CCC(CC)N1C=C(Br)N=C(N2CCc3cc(OC)cc(Br)c32)C1O. The van der Waals surface area contributed by atoms with Crippen molar-refractivity contribution in [3.63, 3.8) is 0 Å². The highest BCUT2D eigenvalue weighted by atomic mass is 79.9. The zero-order valence-corrected chi connectivity index (χ0v) is 17.8. The molecule has 2 aliphatic rings. The lowest BCUT2D eigenvalue weighted by Gasteiger charge is -2.39. The Morgan fingerprint density at radius 1 is 1.32 bits per heavy atom. The number of aliphatic hydroxyl groups excluding tert-OH is 1. The predicted molar refractivity (Wildman–Crippen MR) is 108 cm³/mol. The monoisotopic (exact) mass is 471 g/mol. The van der Waals surface area contributed by atoms with Crippen molar-refractivity contribution in [2.75, 3.05) is 18.6 Å². The average Bonchev–Trinajstić information content (AvgIpc) is 3.02. The number of anilines is 1. The maximum absolute atomic E-state index is 11.0. The fourth-order valence-corrected chi connectivity index (χ4v) is 4.66. The molecule has 0 amide bonds. The third-order valence-corrected chi connectivity index (χ3v) is 5.84. The van der Waals surface area contributed by atoms with Crippen molar-refractivity contribution in [3.05, 3.63) is 33.0 Å². The number of ether oxygens (including phenoxy) is 1. The molecule has 0 saturated carbocycles. The molecule has 7 heteroatoms. The first-order valence-electron chi connectivity index (χ1n) is 8.55. The number of amidine groups is 1. The Balaban J connectivity index is 1.97. The lowest BCUT2D eigenvalue weighted by molar-refractivity contribution is 0.0566. The number of nitrogens with zero attached hydrogens (tertiary/aromatic N) is 3. The lowest BCUT2D eigenvalue weighted by atomic mass is 10.1. The third kappa shape index (κ3) is 3.46. The van der Waals surface area contributed by atoms with E-state index in [1.165, 1.54) is 5.56 Å². The first-order valence-corrected chi connectivity index (χ1v) is 10.1. The van der Waals surface area contributed by atoms with Gasteiger partial charge < -0.3 is 19.6 Å². The van der Waals surface area contributed by atoms with Crippen LogP contribution in [0.1, 0.15) is 32.3 Å². The number of halogens is 2. The minimum Gasteiger partial charge on any atom is -0.497 e. The van der Waals surface area contributed by atoms with Gasteiger partial charge in [0.15, 0.2) is 12.1 Å². The van der Waals surface area contributed by atoms with Crippen LogP contribution in [0.4, 0.5) is 5.69 Å². The fourth-order valence-electron chi connectivity index (χ4n) is 3.55. The first kappa shape index (κ1) is 18.7. The largest absolute Gasteiger partial charge is 0.497 e. The summed E-state index contributed by atoms with van der Waals surface area (Å²) < 4.78 is 7.05. The molecule has 1 atom stereocenters. The molecular weight excluding hydrogens is 450 g/mol. The summed E-state index contributed by atoms with van der Waals surface area (Å²) in [6, 6.07) is 4.28. The van der Waals surface area contributed by atoms with Crippen LogP contribution in [0.15, 0.2) is 32.4 Å². The molecule has 25 heavy (non-hydrogen) atoms. The van der Waals surface area contributed by atoms with E-state index in [1.807, 2.05) is 17.2 Å². The maximum atomic E-state index is 11.0. The Labute approximate surface area is 165 Å². The molecule has 1 aromatic carbocycles. The van der Waals surface area contributed by atoms with Crippen LogP contribution in [0.5, 0.6) is 5.75 Å². The molecule has 0 aromatic heterocycles. The molecule has 5 nitrogen and oxygen atoms in total. The zero-order chi connectivity index (χ0) is 18.1. The van der Waals surface area contributed by atoms with Crippen molar-refractivity contribution in [3.8, 4) is 5.75 Å². The van der Waals surface area contributed by atoms with E-state index < -0.39 is 6.23 Å². The van der Waals surface area contributed by atoms with Gasteiger partial charge in [-0.25, -0.2) is 4.99 Å². The van der Waals surface area contributed by atoms with Gasteiger partial charge in [-0.1, -0.05) is 13.8 Å². The Hall–Kier alpha value is -1.05. The summed E-state index contributed by atoms with van der Waals surface area (Å²) in [6.07, 6.45) is 3.96. The van der Waals surface area contributed by atoms with Crippen LogP contribution in [0.2, 0.25) is 0 Å². The predicted octanol–water partition coefficient (Wildman–Crippen LogP) is 4.24. The Bertz CT molecular complexity index is 717. The molecule has 136 valence electrons. The van der Waals surface area contributed by atoms with Crippen molar-refractivity contribution in [2.45, 2.75) is 45.4 Å². The molecule has 0 radical (unpaired) electrons. The number of rotatable bonds is 4. The average molecular weight is 473 g/mol. The van der Waals surface area contributed by atoms with Crippen LogP contribution in [0, 0.1) is 0 Å². The van der Waals surface area contributed by atoms with Crippen LogP contribution in [0.3, 0.4) is 0 Å². The summed E-state index contributed by atoms with van der Waals surface area (Å²) in [5.74, 6) is 1.49. The molecule has 0 spiro atoms. The van der Waals surface area contributed by atoms with Crippen molar-refractivity contribution in [1.82, 2.24) is 4.90 Å². The standard InChI is InChI=1S/C18H23Br2N3O2/c1-4-12(5-2)23-10-15(20)21-17(18(23)24)22-7-6-11-8-13(25-3)9-14(19)16(11)22/h8-10,12,18,24H,4-7H2,1-3H3. The summed E-state index contributed by atoms with van der Waals surface area (Å²) in [7, 11) is 1.67. The van der Waals surface area contributed by atoms with Crippen LogP contribution < -0.4 is 9.64 Å².